The molecule has 42 heavy (non-hydrogen) atoms. The van der Waals surface area contributed by atoms with Crippen molar-refractivity contribution in [3.63, 3.8) is 0 Å². The number of benzene rings is 2. The van der Waals surface area contributed by atoms with Crippen molar-refractivity contribution in [2.75, 3.05) is 25.1 Å². The summed E-state index contributed by atoms with van der Waals surface area (Å²) in [4.78, 5) is 26.7. The Morgan fingerprint density at radius 1 is 1.14 bits per heavy atom. The Morgan fingerprint density at radius 2 is 1.81 bits per heavy atom. The number of nitrogens with one attached hydrogen (secondary N) is 1. The van der Waals surface area contributed by atoms with Crippen LogP contribution in [-0.2, 0) is 26.0 Å². The molecule has 0 unspecified atom stereocenters. The minimum absolute atomic E-state index is 0.0272. The summed E-state index contributed by atoms with van der Waals surface area (Å²) in [5, 5.41) is 12.8. The molecule has 2 aromatic rings. The Hall–Kier alpha value is -2.82. The highest BCUT2D eigenvalue weighted by molar-refractivity contribution is 7.89. The zero-order valence-corrected chi connectivity index (χ0v) is 26.4. The van der Waals surface area contributed by atoms with Gasteiger partial charge in [-0.3, -0.25) is 0 Å². The number of sulfonamides is 1. The van der Waals surface area contributed by atoms with E-state index in [1.165, 1.54) is 17.6 Å². The molecule has 1 amide bonds. The first kappa shape index (κ1) is 32.1. The topological polar surface area (TPSA) is 116 Å². The van der Waals surface area contributed by atoms with Crippen LogP contribution in [0.1, 0.15) is 64.9 Å². The second-order valence-corrected chi connectivity index (χ2v) is 14.5. The summed E-state index contributed by atoms with van der Waals surface area (Å²) >= 11 is 6.79. The molecule has 1 aliphatic heterocycles. The van der Waals surface area contributed by atoms with E-state index in [9.17, 15) is 23.1 Å². The lowest BCUT2D eigenvalue weighted by Gasteiger charge is -2.36. The summed E-state index contributed by atoms with van der Waals surface area (Å²) in [5.74, 6) is -0.891. The Balaban J connectivity index is 1.70. The molecule has 2 aliphatic rings. The highest BCUT2D eigenvalue weighted by Crippen LogP contribution is 2.43. The van der Waals surface area contributed by atoms with E-state index in [1.54, 1.807) is 19.2 Å². The number of hydrogen-bond donors (Lipinski definition) is 2. The number of aliphatic carboxylic acids is 1. The molecule has 0 saturated heterocycles. The monoisotopic (exact) mass is 619 g/mol. The lowest BCUT2D eigenvalue weighted by Crippen LogP contribution is -2.52. The van der Waals surface area contributed by atoms with Crippen molar-refractivity contribution in [3.05, 3.63) is 53.1 Å². The summed E-state index contributed by atoms with van der Waals surface area (Å²) in [7, 11) is -2.25. The fourth-order valence-corrected chi connectivity index (χ4v) is 7.74. The zero-order valence-electron chi connectivity index (χ0n) is 24.8. The number of amides is 1. The maximum absolute atomic E-state index is 14.2. The van der Waals surface area contributed by atoms with Gasteiger partial charge in [0.05, 0.1) is 12.3 Å². The Kier molecular flexibility index (Phi) is 10.1. The number of carbonyl (C=O) groups excluding carboxylic acids is 1. The van der Waals surface area contributed by atoms with Crippen molar-refractivity contribution < 1.29 is 27.9 Å². The highest BCUT2D eigenvalue weighted by Gasteiger charge is 2.41. The third-order valence-electron chi connectivity index (χ3n) is 8.47. The fraction of sp³-hybridized carbons (Fsp3) is 0.548. The van der Waals surface area contributed by atoms with Crippen molar-refractivity contribution >= 4 is 45.1 Å². The van der Waals surface area contributed by atoms with Gasteiger partial charge in [-0.05, 0) is 74.3 Å². The van der Waals surface area contributed by atoms with Gasteiger partial charge in [0.2, 0.25) is 10.0 Å². The second-order valence-electron chi connectivity index (χ2n) is 12.1. The molecule has 0 radical (unpaired) electrons. The lowest BCUT2D eigenvalue weighted by molar-refractivity contribution is -0.144. The minimum atomic E-state index is -3.91. The van der Waals surface area contributed by atoms with Crippen LogP contribution in [0.15, 0.2) is 47.4 Å². The predicted molar refractivity (Wildman–Crippen MR) is 164 cm³/mol. The van der Waals surface area contributed by atoms with Gasteiger partial charge in [0.1, 0.15) is 10.4 Å². The molecule has 230 valence electrons. The third-order valence-corrected chi connectivity index (χ3v) is 10.7. The third kappa shape index (κ3) is 7.03. The van der Waals surface area contributed by atoms with Crippen molar-refractivity contribution in [1.29, 1.82) is 0 Å². The molecule has 1 saturated carbocycles. The molecule has 4 rings (SSSR count). The number of halogens is 1. The minimum Gasteiger partial charge on any atom is -0.480 e. The van der Waals surface area contributed by atoms with Crippen LogP contribution in [-0.4, -0.2) is 61.7 Å². The van der Waals surface area contributed by atoms with Gasteiger partial charge in [-0.15, -0.1) is 0 Å². The molecule has 2 atom stereocenters. The molecule has 0 aromatic heterocycles. The molecule has 0 spiro atoms. The molecule has 0 bridgehead atoms. The number of aryl methyl sites for hydroxylation is 1. The average Bonchev–Trinajstić information content (AvgIpc) is 3.03. The number of likely N-dealkylation sites (N-methyl/N-ethyl adjacent to an activating group) is 1. The largest absolute Gasteiger partial charge is 0.480 e. The van der Waals surface area contributed by atoms with Crippen LogP contribution in [0.5, 0.6) is 0 Å². The lowest BCUT2D eigenvalue weighted by atomic mass is 9.83. The maximum atomic E-state index is 14.2. The maximum Gasteiger partial charge on any atom is 0.408 e. The summed E-state index contributed by atoms with van der Waals surface area (Å²) in [6, 6.07) is 12.7. The first-order chi connectivity index (χ1) is 19.8. The van der Waals surface area contributed by atoms with Crippen LogP contribution in [0.3, 0.4) is 0 Å². The first-order valence-corrected chi connectivity index (χ1v) is 16.5. The smallest absolute Gasteiger partial charge is 0.408 e. The van der Waals surface area contributed by atoms with Crippen molar-refractivity contribution in [3.8, 4) is 0 Å². The van der Waals surface area contributed by atoms with E-state index in [2.05, 4.69) is 5.32 Å². The molecule has 2 N–H and O–H groups in total. The van der Waals surface area contributed by atoms with Crippen molar-refractivity contribution in [2.45, 2.75) is 82.2 Å². The van der Waals surface area contributed by atoms with Crippen LogP contribution < -0.4 is 10.2 Å². The number of fused-ring (bicyclic) bond motifs is 1. The number of carboxylic acids is 1. The zero-order chi connectivity index (χ0) is 30.7. The predicted octanol–water partition coefficient (Wildman–Crippen LogP) is 6.22. The fourth-order valence-electron chi connectivity index (χ4n) is 5.86. The molecule has 1 aliphatic carbocycles. The number of hydrogen-bond acceptors (Lipinski definition) is 6. The van der Waals surface area contributed by atoms with Crippen molar-refractivity contribution in [2.24, 2.45) is 11.8 Å². The average molecular weight is 620 g/mol. The summed E-state index contributed by atoms with van der Waals surface area (Å²) in [5.41, 5.74) is 0.205. The van der Waals surface area contributed by atoms with E-state index < -0.39 is 27.6 Å². The van der Waals surface area contributed by atoms with Crippen LogP contribution in [0, 0.1) is 11.8 Å². The highest BCUT2D eigenvalue weighted by atomic mass is 35.5. The Bertz CT molecular complexity index is 1380. The van der Waals surface area contributed by atoms with E-state index in [0.29, 0.717) is 22.8 Å². The first-order valence-electron chi connectivity index (χ1n) is 14.6. The van der Waals surface area contributed by atoms with Crippen molar-refractivity contribution in [1.82, 2.24) is 9.62 Å². The van der Waals surface area contributed by atoms with E-state index in [1.807, 2.05) is 49.1 Å². The standard InChI is InChI=1S/C31H42ClN3O6S/c1-21(2)20-41-30(38)33-31(3,29(36)37)16-15-23-17-28-26(18-25(23)32)35(24-13-9-6-10-14-24)19-27(34(4)42(28,39)40)22-11-7-5-8-12-22/h6,9-10,13-14,17-18,21-22,27H,5,7-8,11-12,15-16,19-20H2,1-4H3,(H,33,38)(H,36,37)/t27-,31+/m0/s1. The Labute approximate surface area is 254 Å². The molecule has 1 fully saturated rings. The van der Waals surface area contributed by atoms with Gasteiger partial charge >= 0.3 is 12.1 Å². The molecule has 2 aromatic carbocycles. The number of alkyl carbamates (subject to hydrolysis) is 1. The quantitative estimate of drug-likeness (QED) is 0.342. The molecular formula is C31H42ClN3O6S. The molecule has 11 heteroatoms. The van der Waals surface area contributed by atoms with Crippen LogP contribution in [0.4, 0.5) is 16.2 Å². The van der Waals surface area contributed by atoms with Gasteiger partial charge in [-0.25, -0.2) is 18.0 Å². The van der Waals surface area contributed by atoms with Crippen LogP contribution in [0.25, 0.3) is 0 Å². The normalized spacial score (nSPS) is 20.8. The van der Waals surface area contributed by atoms with E-state index in [0.717, 1.165) is 31.4 Å². The number of carbonyl (C=O) groups is 2. The second kappa shape index (κ2) is 13.2. The summed E-state index contributed by atoms with van der Waals surface area (Å²) in [6.07, 6.45) is 4.58. The SMILES string of the molecule is CC(C)COC(=O)N[C@](C)(CCc1cc2c(cc1Cl)N(c1ccccc1)C[C@@H](C1CCCCC1)N(C)S2(=O)=O)C(=O)O. The summed E-state index contributed by atoms with van der Waals surface area (Å²) in [6.45, 7) is 5.81. The van der Waals surface area contributed by atoms with Gasteiger partial charge in [-0.2, -0.15) is 4.31 Å². The number of ether oxygens (including phenoxy) is 1. The van der Waals surface area contributed by atoms with E-state index >= 15 is 0 Å². The number of rotatable bonds is 9. The Morgan fingerprint density at radius 3 is 2.43 bits per heavy atom. The van der Waals surface area contributed by atoms with Gasteiger partial charge in [0.15, 0.2) is 0 Å². The molecular weight excluding hydrogens is 578 g/mol. The van der Waals surface area contributed by atoms with Gasteiger partial charge in [-0.1, -0.05) is 62.9 Å². The van der Waals surface area contributed by atoms with Gasteiger partial charge in [0.25, 0.3) is 0 Å². The summed E-state index contributed by atoms with van der Waals surface area (Å²) < 4.78 is 35.0. The number of anilines is 2. The van der Waals surface area contributed by atoms with E-state index in [4.69, 9.17) is 16.3 Å². The molecule has 9 nitrogen and oxygen atoms in total. The van der Waals surface area contributed by atoms with Gasteiger partial charge < -0.3 is 20.1 Å². The van der Waals surface area contributed by atoms with Crippen LogP contribution >= 0.6 is 11.6 Å². The molecule has 1 heterocycles. The number of nitrogens with zero attached hydrogens (tertiary/aromatic N) is 2. The number of para-hydroxylation sites is 1. The number of carboxylic acid groups (broad SMARTS) is 1. The van der Waals surface area contributed by atoms with E-state index in [-0.39, 0.29) is 42.2 Å². The van der Waals surface area contributed by atoms with Gasteiger partial charge in [0, 0.05) is 30.3 Å². The van der Waals surface area contributed by atoms with Crippen LogP contribution in [0.2, 0.25) is 5.02 Å².